The highest BCUT2D eigenvalue weighted by atomic mass is 14.3. The first-order valence-electron chi connectivity index (χ1n) is 9.26. The molecule has 0 aliphatic heterocycles. The molecule has 0 spiro atoms. The van der Waals surface area contributed by atoms with E-state index in [1.165, 1.54) is 36.8 Å². The van der Waals surface area contributed by atoms with E-state index in [0.29, 0.717) is 23.7 Å². The fourth-order valence-electron chi connectivity index (χ4n) is 4.14. The van der Waals surface area contributed by atoms with Crippen molar-refractivity contribution in [2.24, 2.45) is 23.7 Å². The Balaban J connectivity index is 1.64. The first kappa shape index (κ1) is 16.3. The van der Waals surface area contributed by atoms with Crippen molar-refractivity contribution in [3.8, 4) is 0 Å². The van der Waals surface area contributed by atoms with Crippen LogP contribution in [0, 0.1) is 23.7 Å². The van der Waals surface area contributed by atoms with E-state index >= 15 is 0 Å². The largest absolute Gasteiger partial charge is 0.0874 e. The van der Waals surface area contributed by atoms with E-state index in [4.69, 9.17) is 0 Å². The average molecular weight is 306 g/mol. The Morgan fingerprint density at radius 1 is 1.00 bits per heavy atom. The van der Waals surface area contributed by atoms with Crippen LogP contribution >= 0.6 is 0 Å². The van der Waals surface area contributed by atoms with Crippen molar-refractivity contribution in [3.63, 3.8) is 0 Å². The molecule has 0 heterocycles. The maximum atomic E-state index is 2.50. The minimum atomic E-state index is 0.591. The van der Waals surface area contributed by atoms with Gasteiger partial charge in [-0.2, -0.15) is 0 Å². The first-order valence-corrected chi connectivity index (χ1v) is 9.26. The minimum absolute atomic E-state index is 0.591. The van der Waals surface area contributed by atoms with Gasteiger partial charge in [0.15, 0.2) is 0 Å². The third-order valence-corrected chi connectivity index (χ3v) is 5.53. The van der Waals surface area contributed by atoms with Gasteiger partial charge in [-0.3, -0.25) is 0 Å². The van der Waals surface area contributed by atoms with Gasteiger partial charge in [0.05, 0.1) is 0 Å². The summed E-state index contributed by atoms with van der Waals surface area (Å²) in [5.41, 5.74) is 4.60. The topological polar surface area (TPSA) is 0 Å². The second-order valence-electron chi connectivity index (χ2n) is 7.46. The Hall–Kier alpha value is -1.56. The van der Waals surface area contributed by atoms with Crippen LogP contribution in [-0.4, -0.2) is 0 Å². The Bertz CT molecular complexity index is 606. The predicted molar refractivity (Wildman–Crippen MR) is 101 cm³/mol. The van der Waals surface area contributed by atoms with Crippen molar-refractivity contribution in [2.75, 3.05) is 0 Å². The zero-order valence-corrected chi connectivity index (χ0v) is 14.8. The summed E-state index contributed by atoms with van der Waals surface area (Å²) in [6, 6.07) is 0. The Labute approximate surface area is 142 Å². The van der Waals surface area contributed by atoms with Gasteiger partial charge in [0.2, 0.25) is 0 Å². The lowest BCUT2D eigenvalue weighted by atomic mass is 9.75. The van der Waals surface area contributed by atoms with E-state index in [1.807, 2.05) is 0 Å². The smallest absolute Gasteiger partial charge is 0.00527 e. The summed E-state index contributed by atoms with van der Waals surface area (Å²) < 4.78 is 0. The van der Waals surface area contributed by atoms with Gasteiger partial charge >= 0.3 is 0 Å². The van der Waals surface area contributed by atoms with Crippen molar-refractivity contribution in [2.45, 2.75) is 46.5 Å². The molecule has 0 aromatic carbocycles. The third kappa shape index (κ3) is 3.86. The highest BCUT2D eigenvalue weighted by molar-refractivity contribution is 5.37. The molecule has 0 aromatic rings. The highest BCUT2D eigenvalue weighted by Crippen LogP contribution is 2.37. The van der Waals surface area contributed by atoms with Crippen molar-refractivity contribution >= 4 is 0 Å². The molecule has 0 radical (unpaired) electrons. The average Bonchev–Trinajstić information content (AvgIpc) is 2.57. The maximum absolute atomic E-state index is 2.50. The number of hydrogen-bond donors (Lipinski definition) is 0. The Morgan fingerprint density at radius 2 is 1.87 bits per heavy atom. The van der Waals surface area contributed by atoms with Gasteiger partial charge in [-0.15, -0.1) is 0 Å². The van der Waals surface area contributed by atoms with Crippen molar-refractivity contribution in [1.29, 1.82) is 0 Å². The lowest BCUT2D eigenvalue weighted by molar-refractivity contribution is 0.458. The van der Waals surface area contributed by atoms with E-state index in [1.54, 1.807) is 5.57 Å². The molecule has 0 amide bonds. The first-order chi connectivity index (χ1) is 11.2. The van der Waals surface area contributed by atoms with Crippen molar-refractivity contribution < 1.29 is 0 Å². The van der Waals surface area contributed by atoms with Crippen LogP contribution < -0.4 is 0 Å². The van der Waals surface area contributed by atoms with Crippen LogP contribution in [0.2, 0.25) is 0 Å². The van der Waals surface area contributed by atoms with E-state index in [-0.39, 0.29) is 0 Å². The molecule has 0 N–H and O–H groups in total. The van der Waals surface area contributed by atoms with Crippen molar-refractivity contribution in [3.05, 3.63) is 71.4 Å². The van der Waals surface area contributed by atoms with Crippen LogP contribution in [0.1, 0.15) is 46.5 Å². The van der Waals surface area contributed by atoms with Crippen LogP contribution in [0.3, 0.4) is 0 Å². The predicted octanol–water partition coefficient (Wildman–Crippen LogP) is 6.56. The van der Waals surface area contributed by atoms with Crippen LogP contribution in [0.4, 0.5) is 0 Å². The van der Waals surface area contributed by atoms with Gasteiger partial charge in [-0.05, 0) is 67.1 Å². The van der Waals surface area contributed by atoms with Crippen molar-refractivity contribution in [1.82, 2.24) is 0 Å². The highest BCUT2D eigenvalue weighted by Gasteiger charge is 2.23. The maximum Gasteiger partial charge on any atom is 0.00527 e. The van der Waals surface area contributed by atoms with Crippen LogP contribution in [0.25, 0.3) is 0 Å². The molecule has 3 aliphatic carbocycles. The van der Waals surface area contributed by atoms with E-state index in [0.717, 1.165) is 0 Å². The second kappa shape index (κ2) is 7.34. The molecule has 3 aliphatic rings. The summed E-state index contributed by atoms with van der Waals surface area (Å²) in [7, 11) is 0. The molecule has 0 aromatic heterocycles. The summed E-state index contributed by atoms with van der Waals surface area (Å²) in [6.45, 7) is 6.80. The van der Waals surface area contributed by atoms with Crippen LogP contribution in [-0.2, 0) is 0 Å². The number of rotatable bonds is 3. The molecule has 0 fully saturated rings. The molecule has 4 unspecified atom stereocenters. The fraction of sp³-hybridized carbons (Fsp3) is 0.478. The van der Waals surface area contributed by atoms with Gasteiger partial charge in [0.1, 0.15) is 0 Å². The summed E-state index contributed by atoms with van der Waals surface area (Å²) in [4.78, 5) is 0. The molecule has 0 saturated heterocycles. The molecular weight excluding hydrogens is 276 g/mol. The lowest BCUT2D eigenvalue weighted by Gasteiger charge is -2.29. The Morgan fingerprint density at radius 3 is 2.52 bits per heavy atom. The zero-order valence-electron chi connectivity index (χ0n) is 14.8. The van der Waals surface area contributed by atoms with Gasteiger partial charge in [-0.1, -0.05) is 68.5 Å². The molecule has 23 heavy (non-hydrogen) atoms. The second-order valence-corrected chi connectivity index (χ2v) is 7.46. The lowest BCUT2D eigenvalue weighted by Crippen LogP contribution is -2.16. The standard InChI is InChI=1S/C23H30/c1-4-6-19-9-14-23(16-18(19)3)21-12-10-20(11-13-21)22-8-5-7-17(2)15-22/h4-6,8-10,12-13,15,17-18,20,23H,7,11,14,16H2,1-3H3/b6-4+. The normalized spacial score (nSPS) is 34.3. The molecule has 3 rings (SSSR count). The van der Waals surface area contributed by atoms with Gasteiger partial charge in [0, 0.05) is 5.92 Å². The minimum Gasteiger partial charge on any atom is -0.0874 e. The molecule has 122 valence electrons. The summed E-state index contributed by atoms with van der Waals surface area (Å²) in [5, 5.41) is 0. The molecule has 0 bridgehead atoms. The third-order valence-electron chi connectivity index (χ3n) is 5.53. The summed E-state index contributed by atoms with van der Waals surface area (Å²) >= 11 is 0. The fourth-order valence-corrected chi connectivity index (χ4v) is 4.14. The molecule has 0 saturated carbocycles. The molecule has 0 nitrogen and oxygen atoms in total. The molecule has 4 atom stereocenters. The molecular formula is C23H30. The van der Waals surface area contributed by atoms with Gasteiger partial charge in [-0.25, -0.2) is 0 Å². The van der Waals surface area contributed by atoms with E-state index in [9.17, 15) is 0 Å². The van der Waals surface area contributed by atoms with Crippen LogP contribution in [0.5, 0.6) is 0 Å². The summed E-state index contributed by atoms with van der Waals surface area (Å²) in [6.07, 6.45) is 26.2. The monoisotopic (exact) mass is 306 g/mol. The zero-order chi connectivity index (χ0) is 16.2. The van der Waals surface area contributed by atoms with E-state index < -0.39 is 0 Å². The van der Waals surface area contributed by atoms with Crippen LogP contribution in [0.15, 0.2) is 71.4 Å². The molecule has 0 heteroatoms. The number of allylic oxidation sites excluding steroid dienone is 12. The Kier molecular flexibility index (Phi) is 5.20. The van der Waals surface area contributed by atoms with E-state index in [2.05, 4.69) is 75.5 Å². The quantitative estimate of drug-likeness (QED) is 0.554. The van der Waals surface area contributed by atoms with Gasteiger partial charge in [0.25, 0.3) is 0 Å². The van der Waals surface area contributed by atoms with Gasteiger partial charge < -0.3 is 0 Å². The SMILES string of the molecule is C/C=C/C1=CCC(C2=CCC(C3=CC(C)CC=C3)C=C2)CC1C. The summed E-state index contributed by atoms with van der Waals surface area (Å²) in [5.74, 6) is 2.68. The number of hydrogen-bond acceptors (Lipinski definition) is 0.